The quantitative estimate of drug-likeness (QED) is 0.139. The third-order valence-electron chi connectivity index (χ3n) is 8.92. The SMILES string of the molecule is C=CCN1[C@H](CO)[C@@H](OCc2ccccc2)[C@H](OCc2ccccc2)[C@H]1CO[Si](c1ccccc1)(c1ccccc1)C(C)(C)C. The minimum absolute atomic E-state index is 0.0613. The predicted molar refractivity (Wildman–Crippen MR) is 185 cm³/mol. The maximum Gasteiger partial charge on any atom is 0.261 e. The molecular formula is C39H47NO4Si. The van der Waals surface area contributed by atoms with Gasteiger partial charge in [-0.1, -0.05) is 148 Å². The Morgan fingerprint density at radius 3 is 1.51 bits per heavy atom. The van der Waals surface area contributed by atoms with Crippen molar-refractivity contribution in [3.05, 3.63) is 145 Å². The lowest BCUT2D eigenvalue weighted by Gasteiger charge is -2.44. The average Bonchev–Trinajstić information content (AvgIpc) is 3.35. The Kier molecular flexibility index (Phi) is 11.2. The molecule has 45 heavy (non-hydrogen) atoms. The molecule has 0 unspecified atom stereocenters. The van der Waals surface area contributed by atoms with Crippen molar-refractivity contribution in [3.63, 3.8) is 0 Å². The van der Waals surface area contributed by atoms with Crippen LogP contribution >= 0.6 is 0 Å². The molecule has 4 atom stereocenters. The zero-order chi connectivity index (χ0) is 31.7. The van der Waals surface area contributed by atoms with Crippen LogP contribution in [0.3, 0.4) is 0 Å². The standard InChI is InChI=1S/C39H47NO4Si/c1-5-26-40-35(27-41)37(42-28-31-18-10-6-11-19-31)38(43-29-32-20-12-7-13-21-32)36(40)30-44-45(39(2,3)4,33-22-14-8-15-23-33)34-24-16-9-17-25-34/h5-25,35-38,41H,1,26-30H2,2-4H3/t35-,36-,37-,38-/m1/s1. The van der Waals surface area contributed by atoms with E-state index in [9.17, 15) is 5.11 Å². The lowest BCUT2D eigenvalue weighted by molar-refractivity contribution is -0.0851. The molecule has 1 aliphatic rings. The van der Waals surface area contributed by atoms with Gasteiger partial charge in [0.2, 0.25) is 0 Å². The van der Waals surface area contributed by atoms with Crippen LogP contribution in [0.15, 0.2) is 134 Å². The molecular weight excluding hydrogens is 575 g/mol. The van der Waals surface area contributed by atoms with Crippen molar-refractivity contribution in [2.45, 2.75) is 63.3 Å². The second-order valence-electron chi connectivity index (χ2n) is 12.8. The van der Waals surface area contributed by atoms with Crippen LogP contribution in [0.5, 0.6) is 0 Å². The van der Waals surface area contributed by atoms with Crippen molar-refractivity contribution in [1.82, 2.24) is 4.90 Å². The number of rotatable bonds is 14. The van der Waals surface area contributed by atoms with Crippen molar-refractivity contribution in [2.24, 2.45) is 0 Å². The topological polar surface area (TPSA) is 51.2 Å². The summed E-state index contributed by atoms with van der Waals surface area (Å²) < 4.78 is 20.9. The van der Waals surface area contributed by atoms with Crippen molar-refractivity contribution in [1.29, 1.82) is 0 Å². The Morgan fingerprint density at radius 2 is 1.11 bits per heavy atom. The van der Waals surface area contributed by atoms with Crippen molar-refractivity contribution < 1.29 is 19.0 Å². The van der Waals surface area contributed by atoms with Crippen LogP contribution in [0.2, 0.25) is 5.04 Å². The number of hydrogen-bond acceptors (Lipinski definition) is 5. The van der Waals surface area contributed by atoms with E-state index < -0.39 is 8.32 Å². The number of nitrogens with zero attached hydrogens (tertiary/aromatic N) is 1. The van der Waals surface area contributed by atoms with Gasteiger partial charge in [0.1, 0.15) is 12.2 Å². The molecule has 0 bridgehead atoms. The summed E-state index contributed by atoms with van der Waals surface area (Å²) in [6.07, 6.45) is 1.18. The third kappa shape index (κ3) is 7.38. The fourth-order valence-electron chi connectivity index (χ4n) is 6.80. The lowest BCUT2D eigenvalue weighted by atomic mass is 10.1. The number of aliphatic hydroxyl groups excluding tert-OH is 1. The molecule has 1 saturated heterocycles. The summed E-state index contributed by atoms with van der Waals surface area (Å²) in [5, 5.41) is 13.1. The summed E-state index contributed by atoms with van der Waals surface area (Å²) in [4.78, 5) is 2.27. The van der Waals surface area contributed by atoms with Crippen LogP contribution in [-0.4, -0.2) is 62.4 Å². The van der Waals surface area contributed by atoms with Gasteiger partial charge < -0.3 is 19.0 Å². The van der Waals surface area contributed by atoms with Gasteiger partial charge in [-0.25, -0.2) is 0 Å². The first-order chi connectivity index (χ1) is 21.9. The largest absolute Gasteiger partial charge is 0.406 e. The van der Waals surface area contributed by atoms with Crippen molar-refractivity contribution in [3.8, 4) is 0 Å². The Bertz CT molecular complexity index is 1410. The number of benzene rings is 4. The van der Waals surface area contributed by atoms with E-state index in [4.69, 9.17) is 13.9 Å². The molecule has 236 valence electrons. The average molecular weight is 622 g/mol. The van der Waals surface area contributed by atoms with Gasteiger partial charge in [-0.3, -0.25) is 4.90 Å². The maximum atomic E-state index is 10.8. The number of aliphatic hydroxyl groups is 1. The highest BCUT2D eigenvalue weighted by molar-refractivity contribution is 6.99. The first-order valence-electron chi connectivity index (χ1n) is 15.9. The summed E-state index contributed by atoms with van der Waals surface area (Å²) in [6, 6.07) is 41.4. The van der Waals surface area contributed by atoms with Crippen LogP contribution in [0.1, 0.15) is 31.9 Å². The molecule has 6 heteroatoms. The monoisotopic (exact) mass is 621 g/mol. The summed E-state index contributed by atoms with van der Waals surface area (Å²) in [5.74, 6) is 0. The van der Waals surface area contributed by atoms with Crippen LogP contribution in [-0.2, 0) is 27.1 Å². The molecule has 0 aliphatic carbocycles. The Labute approximate surface area is 270 Å². The molecule has 4 aromatic carbocycles. The van der Waals surface area contributed by atoms with E-state index in [0.717, 1.165) is 11.1 Å². The van der Waals surface area contributed by atoms with E-state index in [1.807, 2.05) is 42.5 Å². The zero-order valence-electron chi connectivity index (χ0n) is 26.8. The summed E-state index contributed by atoms with van der Waals surface area (Å²) >= 11 is 0. The Morgan fingerprint density at radius 1 is 0.689 bits per heavy atom. The molecule has 5 rings (SSSR count). The normalized spacial score (nSPS) is 20.7. The van der Waals surface area contributed by atoms with Crippen LogP contribution in [0.25, 0.3) is 0 Å². The summed E-state index contributed by atoms with van der Waals surface area (Å²) in [6.45, 7) is 12.8. The van der Waals surface area contributed by atoms with Crippen LogP contribution in [0, 0.1) is 0 Å². The molecule has 0 spiro atoms. The molecule has 1 fully saturated rings. The fourth-order valence-corrected chi connectivity index (χ4v) is 11.4. The molecule has 1 N–H and O–H groups in total. The van der Waals surface area contributed by atoms with Crippen molar-refractivity contribution >= 4 is 18.7 Å². The third-order valence-corrected chi connectivity index (χ3v) is 13.9. The van der Waals surface area contributed by atoms with Gasteiger partial charge in [0.15, 0.2) is 0 Å². The predicted octanol–water partition coefficient (Wildman–Crippen LogP) is 5.96. The zero-order valence-corrected chi connectivity index (χ0v) is 27.8. The molecule has 0 saturated carbocycles. The molecule has 4 aromatic rings. The smallest absolute Gasteiger partial charge is 0.261 e. The molecule has 0 amide bonds. The van der Waals surface area contributed by atoms with Gasteiger partial charge >= 0.3 is 0 Å². The maximum absolute atomic E-state index is 10.8. The van der Waals surface area contributed by atoms with Gasteiger partial charge in [-0.2, -0.15) is 0 Å². The van der Waals surface area contributed by atoms with Crippen LogP contribution < -0.4 is 10.4 Å². The van der Waals surface area contributed by atoms with Crippen molar-refractivity contribution in [2.75, 3.05) is 19.8 Å². The molecule has 1 aliphatic heterocycles. The first kappa shape index (κ1) is 33.0. The van der Waals surface area contributed by atoms with E-state index in [1.165, 1.54) is 10.4 Å². The fraction of sp³-hybridized carbons (Fsp3) is 0.333. The Hall–Kier alpha value is -3.36. The lowest BCUT2D eigenvalue weighted by Crippen LogP contribution is -2.67. The number of hydrogen-bond donors (Lipinski definition) is 1. The van der Waals surface area contributed by atoms with E-state index in [2.05, 4.69) is 117 Å². The van der Waals surface area contributed by atoms with E-state index in [-0.39, 0.29) is 35.9 Å². The van der Waals surface area contributed by atoms with Gasteiger partial charge in [-0.15, -0.1) is 6.58 Å². The first-order valence-corrected chi connectivity index (χ1v) is 17.8. The molecule has 5 nitrogen and oxygen atoms in total. The highest BCUT2D eigenvalue weighted by Gasteiger charge is 2.54. The van der Waals surface area contributed by atoms with Crippen LogP contribution in [0.4, 0.5) is 0 Å². The minimum Gasteiger partial charge on any atom is -0.406 e. The van der Waals surface area contributed by atoms with E-state index in [0.29, 0.717) is 26.4 Å². The molecule has 1 heterocycles. The highest BCUT2D eigenvalue weighted by atomic mass is 28.4. The van der Waals surface area contributed by atoms with E-state index >= 15 is 0 Å². The highest BCUT2D eigenvalue weighted by Crippen LogP contribution is 2.39. The molecule has 0 aromatic heterocycles. The van der Waals surface area contributed by atoms with E-state index in [1.54, 1.807) is 0 Å². The summed E-state index contributed by atoms with van der Waals surface area (Å²) in [5.41, 5.74) is 2.17. The number of likely N-dealkylation sites (tertiary alicyclic amines) is 1. The van der Waals surface area contributed by atoms with Gasteiger partial charge in [-0.05, 0) is 26.5 Å². The summed E-state index contributed by atoms with van der Waals surface area (Å²) in [7, 11) is -2.82. The number of ether oxygens (including phenoxy) is 2. The van der Waals surface area contributed by atoms with Gasteiger partial charge in [0.25, 0.3) is 8.32 Å². The second-order valence-corrected chi connectivity index (χ2v) is 17.1. The second kappa shape index (κ2) is 15.3. The van der Waals surface area contributed by atoms with Gasteiger partial charge in [0.05, 0.1) is 38.5 Å². The van der Waals surface area contributed by atoms with Gasteiger partial charge in [0, 0.05) is 6.54 Å². The minimum atomic E-state index is -2.82. The Balaban J connectivity index is 1.53. The molecule has 0 radical (unpaired) electrons.